The van der Waals surface area contributed by atoms with Crippen molar-refractivity contribution < 1.29 is 4.52 Å². The summed E-state index contributed by atoms with van der Waals surface area (Å²) in [5.74, 6) is 0. The van der Waals surface area contributed by atoms with Gasteiger partial charge in [-0.3, -0.25) is 0 Å². The number of hydrogen-bond acceptors (Lipinski definition) is 0. The Morgan fingerprint density at radius 2 is 1.65 bits per heavy atom. The zero-order chi connectivity index (χ0) is 11.2. The van der Waals surface area contributed by atoms with Crippen molar-refractivity contribution in [2.24, 2.45) is 0 Å². The Labute approximate surface area is 98.3 Å². The zero-order valence-electron chi connectivity index (χ0n) is 9.17. The van der Waals surface area contributed by atoms with Gasteiger partial charge in [-0.05, 0) is 18.3 Å². The topological polar surface area (TPSA) is 8.51 Å². The fraction of sp³-hybridized carbons (Fsp3) is 0. The number of benzene rings is 2. The van der Waals surface area contributed by atoms with Crippen LogP contribution in [0.25, 0.3) is 21.8 Å². The van der Waals surface area contributed by atoms with Gasteiger partial charge in [0, 0.05) is 10.8 Å². The van der Waals surface area contributed by atoms with Crippen LogP contribution in [0.3, 0.4) is 0 Å². The second kappa shape index (κ2) is 3.08. The first-order valence-electron chi connectivity index (χ1n) is 5.66. The lowest BCUT2D eigenvalue weighted by Gasteiger charge is -2.07. The molecular weight excluding hydrogens is 208 g/mol. The summed E-state index contributed by atoms with van der Waals surface area (Å²) in [6, 6.07) is 18.8. The quantitative estimate of drug-likeness (QED) is 0.244. The Bertz CT molecular complexity index is 773. The minimum atomic E-state index is 1.18. The summed E-state index contributed by atoms with van der Waals surface area (Å²) < 4.78 is 4.18. The SMILES string of the molecule is [c-]1ccn2c3ccccc3c3ccccc3[n+]12. The van der Waals surface area contributed by atoms with Crippen molar-refractivity contribution in [3.05, 3.63) is 67.0 Å². The average Bonchev–Trinajstić information content (AvgIpc) is 2.89. The molecule has 0 fully saturated rings. The molecule has 4 aromatic rings. The summed E-state index contributed by atoms with van der Waals surface area (Å²) >= 11 is 0. The maximum absolute atomic E-state index is 3.23. The summed E-state index contributed by atoms with van der Waals surface area (Å²) in [6.45, 7) is 0. The largest absolute Gasteiger partial charge is 0.196 e. The Balaban J connectivity index is 2.48. The molecule has 2 heteroatoms. The van der Waals surface area contributed by atoms with Crippen LogP contribution >= 0.6 is 0 Å². The first-order valence-corrected chi connectivity index (χ1v) is 5.66. The van der Waals surface area contributed by atoms with Gasteiger partial charge in [0.05, 0.1) is 5.52 Å². The summed E-state index contributed by atoms with van der Waals surface area (Å²) in [5.41, 5.74) is 2.38. The summed E-state index contributed by atoms with van der Waals surface area (Å²) in [6.07, 6.45) is 5.27. The molecule has 0 amide bonds. The fourth-order valence-electron chi connectivity index (χ4n) is 2.46. The van der Waals surface area contributed by atoms with E-state index in [9.17, 15) is 0 Å². The first-order chi connectivity index (χ1) is 8.45. The molecule has 80 valence electrons. The number of nitrogens with zero attached hydrogens (tertiary/aromatic N) is 2. The third kappa shape index (κ3) is 1.07. The summed E-state index contributed by atoms with van der Waals surface area (Å²) in [5, 5.41) is 2.53. The molecule has 0 aliphatic carbocycles. The van der Waals surface area contributed by atoms with Crippen LogP contribution in [0, 0.1) is 6.20 Å². The third-order valence-electron chi connectivity index (χ3n) is 3.20. The molecule has 0 saturated carbocycles. The molecule has 17 heavy (non-hydrogen) atoms. The van der Waals surface area contributed by atoms with E-state index >= 15 is 0 Å². The third-order valence-corrected chi connectivity index (χ3v) is 3.20. The lowest BCUT2D eigenvalue weighted by molar-refractivity contribution is -0.591. The highest BCUT2D eigenvalue weighted by molar-refractivity contribution is 6.02. The monoisotopic (exact) mass is 218 g/mol. The zero-order valence-corrected chi connectivity index (χ0v) is 9.17. The van der Waals surface area contributed by atoms with Crippen LogP contribution in [0.15, 0.2) is 60.8 Å². The maximum Gasteiger partial charge on any atom is 0.147 e. The molecule has 0 N–H and O–H groups in total. The number of fused-ring (bicyclic) bond motifs is 6. The molecule has 2 heterocycles. The van der Waals surface area contributed by atoms with E-state index < -0.39 is 0 Å². The molecule has 0 unspecified atom stereocenters. The Hall–Kier alpha value is -2.35. The van der Waals surface area contributed by atoms with E-state index in [0.29, 0.717) is 0 Å². The van der Waals surface area contributed by atoms with Gasteiger partial charge >= 0.3 is 0 Å². The molecule has 0 saturated heterocycles. The van der Waals surface area contributed by atoms with E-state index in [-0.39, 0.29) is 0 Å². The maximum atomic E-state index is 3.23. The van der Waals surface area contributed by atoms with Crippen LogP contribution in [-0.2, 0) is 0 Å². The van der Waals surface area contributed by atoms with Gasteiger partial charge in [-0.15, -0.1) is 0 Å². The van der Waals surface area contributed by atoms with Crippen LogP contribution in [-0.4, -0.2) is 4.52 Å². The van der Waals surface area contributed by atoms with E-state index in [1.165, 1.54) is 21.8 Å². The van der Waals surface area contributed by atoms with Gasteiger partial charge < -0.3 is 0 Å². The molecule has 0 spiro atoms. The van der Waals surface area contributed by atoms with Crippen molar-refractivity contribution in [1.29, 1.82) is 0 Å². The number of para-hydroxylation sites is 2. The van der Waals surface area contributed by atoms with Crippen LogP contribution < -0.4 is 4.52 Å². The van der Waals surface area contributed by atoms with E-state index in [1.807, 2.05) is 12.3 Å². The highest BCUT2D eigenvalue weighted by Crippen LogP contribution is 2.21. The predicted molar refractivity (Wildman–Crippen MR) is 66.9 cm³/mol. The van der Waals surface area contributed by atoms with Gasteiger partial charge in [-0.2, -0.15) is 9.03 Å². The van der Waals surface area contributed by atoms with E-state index in [1.54, 1.807) is 0 Å². The van der Waals surface area contributed by atoms with Crippen LogP contribution in [0.2, 0.25) is 0 Å². The second-order valence-electron chi connectivity index (χ2n) is 4.14. The van der Waals surface area contributed by atoms with E-state index in [2.05, 4.69) is 63.8 Å². The Kier molecular flexibility index (Phi) is 1.59. The molecule has 0 radical (unpaired) electrons. The molecule has 0 aliphatic rings. The van der Waals surface area contributed by atoms with Crippen LogP contribution in [0.4, 0.5) is 0 Å². The molecule has 0 bridgehead atoms. The lowest BCUT2D eigenvalue weighted by Crippen LogP contribution is -2.28. The molecule has 2 aromatic carbocycles. The summed E-state index contributed by atoms with van der Waals surface area (Å²) in [4.78, 5) is 0. The van der Waals surface area contributed by atoms with Gasteiger partial charge in [0.1, 0.15) is 11.7 Å². The normalized spacial score (nSPS) is 11.5. The highest BCUT2D eigenvalue weighted by Gasteiger charge is 2.07. The van der Waals surface area contributed by atoms with Gasteiger partial charge in [-0.1, -0.05) is 42.5 Å². The van der Waals surface area contributed by atoms with Crippen molar-refractivity contribution in [3.63, 3.8) is 0 Å². The van der Waals surface area contributed by atoms with Gasteiger partial charge in [-0.25, -0.2) is 0 Å². The minimum Gasteiger partial charge on any atom is -0.196 e. The molecule has 0 aliphatic heterocycles. The van der Waals surface area contributed by atoms with Crippen molar-refractivity contribution in [1.82, 2.24) is 4.52 Å². The summed E-state index contributed by atoms with van der Waals surface area (Å²) in [7, 11) is 0. The smallest absolute Gasteiger partial charge is 0.147 e. The fourth-order valence-corrected chi connectivity index (χ4v) is 2.46. The highest BCUT2D eigenvalue weighted by atomic mass is 15.3. The number of rotatable bonds is 0. The Morgan fingerprint density at radius 1 is 0.882 bits per heavy atom. The van der Waals surface area contributed by atoms with E-state index in [4.69, 9.17) is 0 Å². The van der Waals surface area contributed by atoms with Crippen molar-refractivity contribution >= 4 is 21.8 Å². The standard InChI is InChI=1S/C15H10N2/c1-3-8-14-12(6-1)13-7-2-4-9-15(13)17-11-5-10-16(14)17/h1-10H. The van der Waals surface area contributed by atoms with Gasteiger partial charge in [0.15, 0.2) is 0 Å². The molecular formula is C15H10N2. The second-order valence-corrected chi connectivity index (χ2v) is 4.14. The van der Waals surface area contributed by atoms with Crippen LogP contribution in [0.1, 0.15) is 0 Å². The Morgan fingerprint density at radius 3 is 2.59 bits per heavy atom. The molecule has 0 atom stereocenters. The van der Waals surface area contributed by atoms with Crippen LogP contribution in [0.5, 0.6) is 0 Å². The van der Waals surface area contributed by atoms with Gasteiger partial charge in [0.25, 0.3) is 0 Å². The molecule has 2 nitrogen and oxygen atoms in total. The lowest BCUT2D eigenvalue weighted by atomic mass is 10.1. The molecule has 2 aromatic heterocycles. The average molecular weight is 218 g/mol. The van der Waals surface area contributed by atoms with Crippen molar-refractivity contribution in [2.75, 3.05) is 0 Å². The number of hydrogen-bond donors (Lipinski definition) is 0. The minimum absolute atomic E-state index is 1.18. The van der Waals surface area contributed by atoms with E-state index in [0.717, 1.165) is 0 Å². The van der Waals surface area contributed by atoms with Crippen molar-refractivity contribution in [3.8, 4) is 0 Å². The first kappa shape index (κ1) is 8.76. The predicted octanol–water partition coefficient (Wildman–Crippen LogP) is 2.63. The van der Waals surface area contributed by atoms with Gasteiger partial charge in [0.2, 0.25) is 0 Å². The number of aromatic nitrogens is 2. The van der Waals surface area contributed by atoms with Crippen molar-refractivity contribution in [2.45, 2.75) is 0 Å². The molecule has 4 rings (SSSR count).